The molecule has 0 aromatic heterocycles. The summed E-state index contributed by atoms with van der Waals surface area (Å²) in [6.45, 7) is 5.59. The standard InChI is InChI=1S/C21H26N2O3/c1-15-9-10-18(16(2)12-15)22-13-21(24)23-19-7-3-4-8-20(19)26-14-17-6-5-11-25-17/h3-4,7-10,12,17,22H,5-6,11,13-14H2,1-2H3,(H,23,24). The Morgan fingerprint density at radius 1 is 1.19 bits per heavy atom. The maximum Gasteiger partial charge on any atom is 0.243 e. The van der Waals surface area contributed by atoms with Gasteiger partial charge in [-0.2, -0.15) is 0 Å². The molecule has 138 valence electrons. The van der Waals surface area contributed by atoms with Gasteiger partial charge in [0.05, 0.1) is 18.3 Å². The van der Waals surface area contributed by atoms with Gasteiger partial charge in [0, 0.05) is 12.3 Å². The molecule has 1 aliphatic rings. The number of para-hydroxylation sites is 2. The minimum atomic E-state index is -0.113. The van der Waals surface area contributed by atoms with Crippen LogP contribution in [0.25, 0.3) is 0 Å². The van der Waals surface area contributed by atoms with Crippen molar-refractivity contribution in [2.24, 2.45) is 0 Å². The number of hydrogen-bond donors (Lipinski definition) is 2. The lowest BCUT2D eigenvalue weighted by molar-refractivity contribution is -0.114. The van der Waals surface area contributed by atoms with Crippen LogP contribution >= 0.6 is 0 Å². The Hall–Kier alpha value is -2.53. The maximum atomic E-state index is 12.3. The maximum absolute atomic E-state index is 12.3. The van der Waals surface area contributed by atoms with E-state index in [0.717, 1.165) is 30.7 Å². The molecule has 5 nitrogen and oxygen atoms in total. The number of benzene rings is 2. The van der Waals surface area contributed by atoms with Crippen LogP contribution in [-0.4, -0.2) is 31.8 Å². The first-order valence-electron chi connectivity index (χ1n) is 9.06. The molecule has 5 heteroatoms. The summed E-state index contributed by atoms with van der Waals surface area (Å²) >= 11 is 0. The van der Waals surface area contributed by atoms with Gasteiger partial charge in [0.1, 0.15) is 12.4 Å². The number of aryl methyl sites for hydroxylation is 2. The third-order valence-electron chi connectivity index (χ3n) is 4.43. The lowest BCUT2D eigenvalue weighted by atomic mass is 10.1. The number of carbonyl (C=O) groups excluding carboxylic acids is 1. The van der Waals surface area contributed by atoms with Crippen molar-refractivity contribution in [1.29, 1.82) is 0 Å². The third-order valence-corrected chi connectivity index (χ3v) is 4.43. The quantitative estimate of drug-likeness (QED) is 0.791. The smallest absolute Gasteiger partial charge is 0.243 e. The molecule has 0 saturated carbocycles. The van der Waals surface area contributed by atoms with Crippen molar-refractivity contribution >= 4 is 17.3 Å². The summed E-state index contributed by atoms with van der Waals surface area (Å²) in [6, 6.07) is 13.6. The fourth-order valence-electron chi connectivity index (χ4n) is 3.04. The highest BCUT2D eigenvalue weighted by Gasteiger charge is 2.17. The summed E-state index contributed by atoms with van der Waals surface area (Å²) in [7, 11) is 0. The molecule has 1 aliphatic heterocycles. The average Bonchev–Trinajstić information content (AvgIpc) is 3.14. The Balaban J connectivity index is 1.55. The highest BCUT2D eigenvalue weighted by Crippen LogP contribution is 2.25. The van der Waals surface area contributed by atoms with Gasteiger partial charge in [-0.05, 0) is 50.5 Å². The first-order valence-corrected chi connectivity index (χ1v) is 9.06. The molecule has 1 unspecified atom stereocenters. The van der Waals surface area contributed by atoms with Gasteiger partial charge < -0.3 is 20.1 Å². The molecule has 0 spiro atoms. The second-order valence-electron chi connectivity index (χ2n) is 6.66. The van der Waals surface area contributed by atoms with E-state index in [0.29, 0.717) is 18.0 Å². The number of carbonyl (C=O) groups is 1. The van der Waals surface area contributed by atoms with E-state index in [4.69, 9.17) is 9.47 Å². The SMILES string of the molecule is Cc1ccc(NCC(=O)Nc2ccccc2OCC2CCCO2)c(C)c1. The van der Waals surface area contributed by atoms with Crippen LogP contribution in [-0.2, 0) is 9.53 Å². The van der Waals surface area contributed by atoms with E-state index in [1.807, 2.05) is 43.3 Å². The normalized spacial score (nSPS) is 16.3. The molecule has 1 atom stereocenters. The summed E-state index contributed by atoms with van der Waals surface area (Å²) in [5.74, 6) is 0.556. The van der Waals surface area contributed by atoms with Crippen LogP contribution < -0.4 is 15.4 Å². The Bertz CT molecular complexity index is 755. The largest absolute Gasteiger partial charge is 0.489 e. The molecule has 1 heterocycles. The van der Waals surface area contributed by atoms with E-state index >= 15 is 0 Å². The van der Waals surface area contributed by atoms with E-state index in [-0.39, 0.29) is 18.6 Å². The molecule has 1 fully saturated rings. The summed E-state index contributed by atoms with van der Waals surface area (Å²) in [4.78, 5) is 12.3. The van der Waals surface area contributed by atoms with Crippen molar-refractivity contribution in [3.8, 4) is 5.75 Å². The predicted molar refractivity (Wildman–Crippen MR) is 104 cm³/mol. The Morgan fingerprint density at radius 2 is 2.04 bits per heavy atom. The molecule has 0 bridgehead atoms. The van der Waals surface area contributed by atoms with E-state index in [1.54, 1.807) is 0 Å². The van der Waals surface area contributed by atoms with Gasteiger partial charge in [-0.15, -0.1) is 0 Å². The van der Waals surface area contributed by atoms with Gasteiger partial charge in [0.15, 0.2) is 0 Å². The Morgan fingerprint density at radius 3 is 2.81 bits per heavy atom. The zero-order chi connectivity index (χ0) is 18.4. The summed E-state index contributed by atoms with van der Waals surface area (Å²) in [5.41, 5.74) is 3.97. The minimum Gasteiger partial charge on any atom is -0.489 e. The fourth-order valence-corrected chi connectivity index (χ4v) is 3.04. The number of amides is 1. The average molecular weight is 354 g/mol. The fraction of sp³-hybridized carbons (Fsp3) is 0.381. The molecule has 0 radical (unpaired) electrons. The van der Waals surface area contributed by atoms with E-state index in [2.05, 4.69) is 23.6 Å². The van der Waals surface area contributed by atoms with Crippen LogP contribution in [0.5, 0.6) is 5.75 Å². The van der Waals surface area contributed by atoms with Crippen molar-refractivity contribution in [2.75, 3.05) is 30.4 Å². The first kappa shape index (κ1) is 18.3. The first-order chi connectivity index (χ1) is 12.6. The van der Waals surface area contributed by atoms with Crippen LogP contribution in [0.2, 0.25) is 0 Å². The highest BCUT2D eigenvalue weighted by molar-refractivity contribution is 5.95. The zero-order valence-corrected chi connectivity index (χ0v) is 15.4. The Kier molecular flexibility index (Phi) is 6.12. The molecule has 2 aromatic carbocycles. The molecule has 1 saturated heterocycles. The number of rotatable bonds is 7. The summed E-state index contributed by atoms with van der Waals surface area (Å²) in [5, 5.41) is 6.10. The molecule has 1 amide bonds. The number of ether oxygens (including phenoxy) is 2. The van der Waals surface area contributed by atoms with Crippen molar-refractivity contribution < 1.29 is 14.3 Å². The second kappa shape index (κ2) is 8.72. The van der Waals surface area contributed by atoms with E-state index < -0.39 is 0 Å². The lowest BCUT2D eigenvalue weighted by Crippen LogP contribution is -2.23. The molecule has 2 aromatic rings. The third kappa shape index (κ3) is 4.99. The molecular formula is C21H26N2O3. The monoisotopic (exact) mass is 354 g/mol. The zero-order valence-electron chi connectivity index (χ0n) is 15.4. The van der Waals surface area contributed by atoms with Crippen molar-refractivity contribution in [2.45, 2.75) is 32.8 Å². The molecule has 2 N–H and O–H groups in total. The van der Waals surface area contributed by atoms with E-state index in [9.17, 15) is 4.79 Å². The van der Waals surface area contributed by atoms with Crippen LogP contribution in [0, 0.1) is 13.8 Å². The van der Waals surface area contributed by atoms with Gasteiger partial charge in [-0.25, -0.2) is 0 Å². The lowest BCUT2D eigenvalue weighted by Gasteiger charge is -2.15. The van der Waals surface area contributed by atoms with Crippen LogP contribution in [0.4, 0.5) is 11.4 Å². The topological polar surface area (TPSA) is 59.6 Å². The van der Waals surface area contributed by atoms with Crippen LogP contribution in [0.3, 0.4) is 0 Å². The molecule has 26 heavy (non-hydrogen) atoms. The summed E-state index contributed by atoms with van der Waals surface area (Å²) < 4.78 is 11.4. The van der Waals surface area contributed by atoms with E-state index in [1.165, 1.54) is 5.56 Å². The number of anilines is 2. The Labute approximate surface area is 154 Å². The minimum absolute atomic E-state index is 0.113. The van der Waals surface area contributed by atoms with Gasteiger partial charge in [-0.1, -0.05) is 29.8 Å². The van der Waals surface area contributed by atoms with Crippen molar-refractivity contribution in [3.63, 3.8) is 0 Å². The predicted octanol–water partition coefficient (Wildman–Crippen LogP) is 3.91. The summed E-state index contributed by atoms with van der Waals surface area (Å²) in [6.07, 6.45) is 2.25. The van der Waals surface area contributed by atoms with Gasteiger partial charge in [0.25, 0.3) is 0 Å². The molecule has 3 rings (SSSR count). The number of hydrogen-bond acceptors (Lipinski definition) is 4. The van der Waals surface area contributed by atoms with Gasteiger partial charge in [0.2, 0.25) is 5.91 Å². The van der Waals surface area contributed by atoms with Crippen LogP contribution in [0.15, 0.2) is 42.5 Å². The van der Waals surface area contributed by atoms with Crippen LogP contribution in [0.1, 0.15) is 24.0 Å². The van der Waals surface area contributed by atoms with Crippen molar-refractivity contribution in [1.82, 2.24) is 0 Å². The second-order valence-corrected chi connectivity index (χ2v) is 6.66. The van der Waals surface area contributed by atoms with Crippen molar-refractivity contribution in [3.05, 3.63) is 53.6 Å². The molecule has 0 aliphatic carbocycles. The van der Waals surface area contributed by atoms with Gasteiger partial charge >= 0.3 is 0 Å². The highest BCUT2D eigenvalue weighted by atomic mass is 16.5. The number of nitrogens with one attached hydrogen (secondary N) is 2. The van der Waals surface area contributed by atoms with Gasteiger partial charge in [-0.3, -0.25) is 4.79 Å². The molecular weight excluding hydrogens is 328 g/mol.